The summed E-state index contributed by atoms with van der Waals surface area (Å²) in [6, 6.07) is 13.6. The number of fused-ring (bicyclic) bond motifs is 4. The molecule has 8 nitrogen and oxygen atoms in total. The van der Waals surface area contributed by atoms with E-state index in [-0.39, 0.29) is 35.3 Å². The molecule has 40 heavy (non-hydrogen) atoms. The summed E-state index contributed by atoms with van der Waals surface area (Å²) < 4.78 is 35.7. The standard InChI is InChI=1S/C31H40N4O4S/c1-7-23(8-2)18-35-25(15-20(3)4)19-39-28-17-27(29-21(5)11-9-12-22(29)6)32-31(33-28)34-40(37,38)26-14-10-13-24(16-26)30(35)36/h9-14,16-17,20,23,25H,7-8,15,18-19H2,1-6H3,(H,32,33,34)/t25-/m1/s1. The van der Waals surface area contributed by atoms with Gasteiger partial charge in [0.05, 0.1) is 16.6 Å². The van der Waals surface area contributed by atoms with Crippen LogP contribution in [0, 0.1) is 25.7 Å². The number of nitrogens with one attached hydrogen (secondary N) is 1. The van der Waals surface area contributed by atoms with Gasteiger partial charge in [-0.15, -0.1) is 0 Å². The molecule has 1 atom stereocenters. The zero-order valence-corrected chi connectivity index (χ0v) is 25.1. The summed E-state index contributed by atoms with van der Waals surface area (Å²) in [5.74, 6) is 0.580. The molecule has 0 radical (unpaired) electrons. The molecule has 1 aliphatic heterocycles. The second-order valence-electron chi connectivity index (χ2n) is 11.0. The van der Waals surface area contributed by atoms with Crippen LogP contribution in [-0.2, 0) is 10.0 Å². The first kappa shape index (κ1) is 29.5. The summed E-state index contributed by atoms with van der Waals surface area (Å²) >= 11 is 0. The van der Waals surface area contributed by atoms with Gasteiger partial charge in [-0.05, 0) is 61.4 Å². The molecule has 0 saturated carbocycles. The summed E-state index contributed by atoms with van der Waals surface area (Å²) in [7, 11) is -4.09. The van der Waals surface area contributed by atoms with Gasteiger partial charge in [-0.3, -0.25) is 4.79 Å². The number of carbonyl (C=O) groups excluding carboxylic acids is 1. The Morgan fingerprint density at radius 3 is 2.35 bits per heavy atom. The smallest absolute Gasteiger partial charge is 0.264 e. The summed E-state index contributed by atoms with van der Waals surface area (Å²) in [5, 5.41) is 0. The second kappa shape index (κ2) is 12.4. The van der Waals surface area contributed by atoms with Crippen molar-refractivity contribution in [3.05, 3.63) is 65.2 Å². The number of nitrogens with zero attached hydrogens (tertiary/aromatic N) is 3. The van der Waals surface area contributed by atoms with Crippen LogP contribution >= 0.6 is 0 Å². The van der Waals surface area contributed by atoms with Gasteiger partial charge in [-0.1, -0.05) is 64.8 Å². The molecule has 3 aromatic rings. The number of hydrogen-bond acceptors (Lipinski definition) is 6. The van der Waals surface area contributed by atoms with E-state index in [1.54, 1.807) is 18.2 Å². The number of carbonyl (C=O) groups is 1. The van der Waals surface area contributed by atoms with Crippen LogP contribution in [0.5, 0.6) is 5.88 Å². The molecule has 0 unspecified atom stereocenters. The topological polar surface area (TPSA) is 101 Å². The van der Waals surface area contributed by atoms with Crippen LogP contribution in [0.25, 0.3) is 11.3 Å². The summed E-state index contributed by atoms with van der Waals surface area (Å²) in [6.45, 7) is 13.3. The van der Waals surface area contributed by atoms with Gasteiger partial charge in [-0.25, -0.2) is 18.1 Å². The molecule has 0 spiro atoms. The Bertz CT molecular complexity index is 1450. The van der Waals surface area contributed by atoms with Gasteiger partial charge in [0.25, 0.3) is 15.9 Å². The second-order valence-corrected chi connectivity index (χ2v) is 12.7. The lowest BCUT2D eigenvalue weighted by molar-refractivity contribution is 0.0524. The molecule has 2 aromatic carbocycles. The molecule has 214 valence electrons. The van der Waals surface area contributed by atoms with Crippen LogP contribution in [0.4, 0.5) is 5.95 Å². The van der Waals surface area contributed by atoms with E-state index < -0.39 is 10.0 Å². The van der Waals surface area contributed by atoms with Crippen molar-refractivity contribution in [3.63, 3.8) is 0 Å². The molecule has 1 aliphatic rings. The monoisotopic (exact) mass is 564 g/mol. The molecule has 1 N–H and O–H groups in total. The first-order chi connectivity index (χ1) is 19.0. The van der Waals surface area contributed by atoms with E-state index in [4.69, 9.17) is 4.74 Å². The van der Waals surface area contributed by atoms with Gasteiger partial charge < -0.3 is 9.64 Å². The number of aryl methyl sites for hydroxylation is 2. The highest BCUT2D eigenvalue weighted by Gasteiger charge is 2.30. The van der Waals surface area contributed by atoms with Crippen LogP contribution < -0.4 is 9.46 Å². The molecule has 1 amide bonds. The van der Waals surface area contributed by atoms with Crippen molar-refractivity contribution >= 4 is 21.9 Å². The van der Waals surface area contributed by atoms with Crippen molar-refractivity contribution in [2.24, 2.45) is 11.8 Å². The number of anilines is 1. The fourth-order valence-corrected chi connectivity index (χ4v) is 6.26. The molecule has 4 bridgehead atoms. The minimum atomic E-state index is -4.09. The van der Waals surface area contributed by atoms with Crippen molar-refractivity contribution < 1.29 is 17.9 Å². The van der Waals surface area contributed by atoms with Gasteiger partial charge in [0.2, 0.25) is 11.8 Å². The third-order valence-electron chi connectivity index (χ3n) is 7.54. The van der Waals surface area contributed by atoms with Gasteiger partial charge in [0, 0.05) is 23.7 Å². The molecule has 2 heterocycles. The maximum Gasteiger partial charge on any atom is 0.264 e. The van der Waals surface area contributed by atoms with Gasteiger partial charge in [0.1, 0.15) is 6.61 Å². The van der Waals surface area contributed by atoms with E-state index in [1.165, 1.54) is 12.1 Å². The summed E-state index contributed by atoms with van der Waals surface area (Å²) in [5.41, 5.74) is 3.79. The van der Waals surface area contributed by atoms with E-state index in [0.29, 0.717) is 29.6 Å². The Labute approximate surface area is 238 Å². The molecule has 4 rings (SSSR count). The summed E-state index contributed by atoms with van der Waals surface area (Å²) in [4.78, 5) is 24.9. The Morgan fingerprint density at radius 1 is 1.02 bits per heavy atom. The highest BCUT2D eigenvalue weighted by molar-refractivity contribution is 7.92. The van der Waals surface area contributed by atoms with Crippen molar-refractivity contribution in [2.75, 3.05) is 17.9 Å². The van der Waals surface area contributed by atoms with Crippen LogP contribution in [-0.4, -0.2) is 48.4 Å². The average Bonchev–Trinajstić information content (AvgIpc) is 2.91. The van der Waals surface area contributed by atoms with Crippen molar-refractivity contribution in [2.45, 2.75) is 71.7 Å². The Morgan fingerprint density at radius 2 is 1.70 bits per heavy atom. The van der Waals surface area contributed by atoms with Crippen molar-refractivity contribution in [3.8, 4) is 17.1 Å². The number of aromatic nitrogens is 2. The molecule has 0 fully saturated rings. The van der Waals surface area contributed by atoms with E-state index in [9.17, 15) is 13.2 Å². The first-order valence-electron chi connectivity index (χ1n) is 14.0. The summed E-state index contributed by atoms with van der Waals surface area (Å²) in [6.07, 6.45) is 2.59. The van der Waals surface area contributed by atoms with E-state index >= 15 is 0 Å². The quantitative estimate of drug-likeness (QED) is 0.364. The maximum atomic E-state index is 14.0. The Kier molecular flexibility index (Phi) is 9.13. The van der Waals surface area contributed by atoms with Gasteiger partial charge in [0.15, 0.2) is 0 Å². The molecule has 1 aromatic heterocycles. The highest BCUT2D eigenvalue weighted by Crippen LogP contribution is 2.30. The number of hydrogen-bond donors (Lipinski definition) is 1. The number of amides is 1. The molecule has 9 heteroatoms. The van der Waals surface area contributed by atoms with E-state index in [0.717, 1.165) is 36.0 Å². The normalized spacial score (nSPS) is 17.1. The average molecular weight is 565 g/mol. The third-order valence-corrected chi connectivity index (χ3v) is 8.86. The number of benzene rings is 2. The molecular formula is C31H40N4O4S. The fraction of sp³-hybridized carbons (Fsp3) is 0.452. The number of rotatable bonds is 7. The number of ether oxygens (including phenoxy) is 1. The van der Waals surface area contributed by atoms with Crippen LogP contribution in [0.2, 0.25) is 0 Å². The predicted octanol–water partition coefficient (Wildman–Crippen LogP) is 6.25. The molecule has 0 saturated heterocycles. The zero-order valence-electron chi connectivity index (χ0n) is 24.3. The van der Waals surface area contributed by atoms with Gasteiger partial charge in [-0.2, -0.15) is 4.98 Å². The largest absolute Gasteiger partial charge is 0.475 e. The number of sulfonamides is 1. The van der Waals surface area contributed by atoms with Crippen molar-refractivity contribution in [1.82, 2.24) is 14.9 Å². The van der Waals surface area contributed by atoms with Crippen molar-refractivity contribution in [1.29, 1.82) is 0 Å². The third kappa shape index (κ3) is 6.63. The zero-order chi connectivity index (χ0) is 29.0. The van der Waals surface area contributed by atoms with Crippen LogP contribution in [0.15, 0.2) is 53.4 Å². The lowest BCUT2D eigenvalue weighted by Crippen LogP contribution is -2.46. The minimum Gasteiger partial charge on any atom is -0.475 e. The molecular weight excluding hydrogens is 524 g/mol. The highest BCUT2D eigenvalue weighted by atomic mass is 32.2. The lowest BCUT2D eigenvalue weighted by atomic mass is 9.97. The maximum absolute atomic E-state index is 14.0. The first-order valence-corrected chi connectivity index (χ1v) is 15.5. The predicted molar refractivity (Wildman–Crippen MR) is 158 cm³/mol. The van der Waals surface area contributed by atoms with Crippen LogP contribution in [0.1, 0.15) is 68.4 Å². The van der Waals surface area contributed by atoms with Crippen LogP contribution in [0.3, 0.4) is 0 Å². The van der Waals surface area contributed by atoms with E-state index in [1.807, 2.05) is 36.9 Å². The fourth-order valence-electron chi connectivity index (χ4n) is 5.27. The van der Waals surface area contributed by atoms with E-state index in [2.05, 4.69) is 42.4 Å². The molecule has 0 aliphatic carbocycles. The Balaban J connectivity index is 1.90. The minimum absolute atomic E-state index is 0.0240. The van der Waals surface area contributed by atoms with Gasteiger partial charge >= 0.3 is 0 Å². The Hall–Kier alpha value is -3.46. The lowest BCUT2D eigenvalue weighted by Gasteiger charge is -2.35. The SMILES string of the molecule is CCC(CC)CN1C(=O)c2cccc(c2)S(=O)(=O)Nc2nc(cc(-c3c(C)cccc3C)n2)OC[C@H]1CC(C)C.